The molecule has 1 aliphatic heterocycles. The number of carbonyl (C=O) groups excluding carboxylic acids is 2. The molecule has 7 heteroatoms. The molecule has 0 aliphatic carbocycles. The van der Waals surface area contributed by atoms with E-state index >= 15 is 0 Å². The van der Waals surface area contributed by atoms with Crippen molar-refractivity contribution in [3.05, 3.63) is 47.8 Å². The van der Waals surface area contributed by atoms with Gasteiger partial charge in [-0.05, 0) is 38.5 Å². The van der Waals surface area contributed by atoms with E-state index in [1.807, 2.05) is 44.2 Å². The Morgan fingerprint density at radius 2 is 2.00 bits per heavy atom. The number of rotatable bonds is 4. The summed E-state index contributed by atoms with van der Waals surface area (Å²) in [5.41, 5.74) is 1.27. The zero-order valence-electron chi connectivity index (χ0n) is 16.9. The molecule has 2 aromatic rings. The molecule has 7 nitrogen and oxygen atoms in total. The van der Waals surface area contributed by atoms with E-state index in [9.17, 15) is 9.59 Å². The van der Waals surface area contributed by atoms with Crippen LogP contribution in [0.5, 0.6) is 0 Å². The van der Waals surface area contributed by atoms with E-state index < -0.39 is 11.5 Å². The third-order valence-corrected chi connectivity index (χ3v) is 5.45. The van der Waals surface area contributed by atoms with Gasteiger partial charge >= 0.3 is 5.97 Å². The van der Waals surface area contributed by atoms with Crippen molar-refractivity contribution in [2.45, 2.75) is 46.2 Å². The van der Waals surface area contributed by atoms with Crippen LogP contribution in [-0.2, 0) is 14.3 Å². The van der Waals surface area contributed by atoms with Gasteiger partial charge in [0.15, 0.2) is 0 Å². The summed E-state index contributed by atoms with van der Waals surface area (Å²) in [6.07, 6.45) is 1.69. The smallest absolute Gasteiger partial charge is 0.332 e. The lowest BCUT2D eigenvalue weighted by Crippen LogP contribution is -2.63. The molecule has 1 amide bonds. The average Bonchev–Trinajstić information content (AvgIpc) is 2.65. The summed E-state index contributed by atoms with van der Waals surface area (Å²) in [5.74, 6) is -0.451. The van der Waals surface area contributed by atoms with Crippen LogP contribution in [0.4, 0.5) is 11.6 Å². The SMILES string of the molecule is CCOC(=O)[C@]1(C)[C@H](C)[C@@H](Nc2nccc(C)n2)c2ccccc2N1C(C)=O. The van der Waals surface area contributed by atoms with Crippen molar-refractivity contribution < 1.29 is 14.3 Å². The molecule has 1 N–H and O–H groups in total. The number of ether oxygens (including phenoxy) is 1. The largest absolute Gasteiger partial charge is 0.464 e. The van der Waals surface area contributed by atoms with Crippen LogP contribution in [0.3, 0.4) is 0 Å². The minimum absolute atomic E-state index is 0.208. The van der Waals surface area contributed by atoms with Crippen LogP contribution < -0.4 is 10.2 Å². The fourth-order valence-corrected chi connectivity index (χ4v) is 3.91. The Balaban J connectivity index is 2.15. The quantitative estimate of drug-likeness (QED) is 0.817. The molecule has 28 heavy (non-hydrogen) atoms. The molecule has 1 aromatic carbocycles. The lowest BCUT2D eigenvalue weighted by atomic mass is 9.73. The van der Waals surface area contributed by atoms with Crippen LogP contribution >= 0.6 is 0 Å². The van der Waals surface area contributed by atoms with E-state index in [2.05, 4.69) is 15.3 Å². The molecule has 3 rings (SSSR count). The Labute approximate surface area is 165 Å². The van der Waals surface area contributed by atoms with Crippen LogP contribution in [-0.4, -0.2) is 34.0 Å². The number of nitrogens with one attached hydrogen (secondary N) is 1. The van der Waals surface area contributed by atoms with Gasteiger partial charge in [0.1, 0.15) is 5.54 Å². The number of benzene rings is 1. The number of para-hydroxylation sites is 1. The molecule has 148 valence electrons. The van der Waals surface area contributed by atoms with Crippen LogP contribution in [0, 0.1) is 12.8 Å². The first-order valence-electron chi connectivity index (χ1n) is 9.43. The Bertz CT molecular complexity index is 901. The lowest BCUT2D eigenvalue weighted by Gasteiger charge is -2.50. The van der Waals surface area contributed by atoms with Crippen LogP contribution in [0.2, 0.25) is 0 Å². The fourth-order valence-electron chi connectivity index (χ4n) is 3.91. The van der Waals surface area contributed by atoms with Gasteiger partial charge < -0.3 is 10.1 Å². The molecule has 3 atom stereocenters. The van der Waals surface area contributed by atoms with Crippen molar-refractivity contribution in [3.8, 4) is 0 Å². The fraction of sp³-hybridized carbons (Fsp3) is 0.429. The van der Waals surface area contributed by atoms with Gasteiger partial charge in [-0.2, -0.15) is 0 Å². The predicted octanol–water partition coefficient (Wildman–Crippen LogP) is 3.26. The summed E-state index contributed by atoms with van der Waals surface area (Å²) in [7, 11) is 0. The van der Waals surface area contributed by atoms with Crippen LogP contribution in [0.25, 0.3) is 0 Å². The topological polar surface area (TPSA) is 84.4 Å². The highest BCUT2D eigenvalue weighted by molar-refractivity contribution is 6.02. The van der Waals surface area contributed by atoms with Gasteiger partial charge in [-0.3, -0.25) is 9.69 Å². The standard InChI is InChI=1S/C21H26N4O3/c1-6-28-19(27)21(5)14(3)18(24-20-22-12-11-13(2)23-20)16-9-7-8-10-17(16)25(21)15(4)26/h7-12,14,18H,6H2,1-5H3,(H,22,23,24)/t14-,18-,21+/m1/s1. The molecule has 0 fully saturated rings. The second kappa shape index (κ2) is 7.58. The molecule has 2 heterocycles. The van der Waals surface area contributed by atoms with Gasteiger partial charge in [-0.1, -0.05) is 25.1 Å². The van der Waals surface area contributed by atoms with Crippen molar-refractivity contribution in [2.24, 2.45) is 5.92 Å². The van der Waals surface area contributed by atoms with E-state index in [-0.39, 0.29) is 24.5 Å². The summed E-state index contributed by atoms with van der Waals surface area (Å²) in [4.78, 5) is 35.9. The zero-order valence-corrected chi connectivity index (χ0v) is 16.9. The summed E-state index contributed by atoms with van der Waals surface area (Å²) < 4.78 is 5.38. The molecular weight excluding hydrogens is 356 g/mol. The Morgan fingerprint density at radius 3 is 2.64 bits per heavy atom. The molecule has 0 saturated heterocycles. The number of esters is 1. The van der Waals surface area contributed by atoms with E-state index in [0.29, 0.717) is 11.6 Å². The van der Waals surface area contributed by atoms with Crippen molar-refractivity contribution in [1.29, 1.82) is 0 Å². The van der Waals surface area contributed by atoms with Crippen molar-refractivity contribution in [2.75, 3.05) is 16.8 Å². The second-order valence-corrected chi connectivity index (χ2v) is 7.21. The lowest BCUT2D eigenvalue weighted by molar-refractivity contribution is -0.153. The third kappa shape index (κ3) is 3.21. The number of carbonyl (C=O) groups is 2. The number of anilines is 2. The molecule has 0 radical (unpaired) electrons. The Hall–Kier alpha value is -2.96. The van der Waals surface area contributed by atoms with Gasteiger partial charge in [0.25, 0.3) is 0 Å². The predicted molar refractivity (Wildman–Crippen MR) is 107 cm³/mol. The van der Waals surface area contributed by atoms with Gasteiger partial charge in [-0.15, -0.1) is 0 Å². The molecule has 0 bridgehead atoms. The van der Waals surface area contributed by atoms with E-state index in [0.717, 1.165) is 11.3 Å². The maximum atomic E-state index is 13.0. The third-order valence-electron chi connectivity index (χ3n) is 5.45. The first kappa shape index (κ1) is 19.8. The first-order valence-corrected chi connectivity index (χ1v) is 9.43. The van der Waals surface area contributed by atoms with E-state index in [1.165, 1.54) is 6.92 Å². The van der Waals surface area contributed by atoms with Crippen molar-refractivity contribution >= 4 is 23.5 Å². The van der Waals surface area contributed by atoms with Gasteiger partial charge in [0.2, 0.25) is 11.9 Å². The van der Waals surface area contributed by atoms with Crippen molar-refractivity contribution in [1.82, 2.24) is 9.97 Å². The summed E-state index contributed by atoms with van der Waals surface area (Å²) in [5, 5.41) is 3.37. The number of amides is 1. The molecule has 1 aromatic heterocycles. The summed E-state index contributed by atoms with van der Waals surface area (Å²) in [6.45, 7) is 9.07. The van der Waals surface area contributed by atoms with Crippen LogP contribution in [0.1, 0.15) is 45.0 Å². The second-order valence-electron chi connectivity index (χ2n) is 7.21. The highest BCUT2D eigenvalue weighted by atomic mass is 16.5. The average molecular weight is 382 g/mol. The van der Waals surface area contributed by atoms with Gasteiger partial charge in [0.05, 0.1) is 18.3 Å². The minimum Gasteiger partial charge on any atom is -0.464 e. The van der Waals surface area contributed by atoms with E-state index in [4.69, 9.17) is 4.74 Å². The maximum absolute atomic E-state index is 13.0. The monoisotopic (exact) mass is 382 g/mol. The number of hydrogen-bond acceptors (Lipinski definition) is 6. The van der Waals surface area contributed by atoms with Crippen molar-refractivity contribution in [3.63, 3.8) is 0 Å². The van der Waals surface area contributed by atoms with Gasteiger partial charge in [0, 0.05) is 24.7 Å². The molecule has 1 aliphatic rings. The van der Waals surface area contributed by atoms with E-state index in [1.54, 1.807) is 24.9 Å². The summed E-state index contributed by atoms with van der Waals surface area (Å²) >= 11 is 0. The molecule has 0 saturated carbocycles. The molecule has 0 spiro atoms. The maximum Gasteiger partial charge on any atom is 0.332 e. The number of fused-ring (bicyclic) bond motifs is 1. The number of nitrogens with zero attached hydrogens (tertiary/aromatic N) is 3. The highest BCUT2D eigenvalue weighted by Crippen LogP contribution is 2.47. The minimum atomic E-state index is -1.17. The summed E-state index contributed by atoms with van der Waals surface area (Å²) in [6, 6.07) is 9.14. The highest BCUT2D eigenvalue weighted by Gasteiger charge is 2.54. The number of hydrogen-bond donors (Lipinski definition) is 1. The Morgan fingerprint density at radius 1 is 1.29 bits per heavy atom. The molecular formula is C21H26N4O3. The Kier molecular flexibility index (Phi) is 5.36. The zero-order chi connectivity index (χ0) is 20.5. The number of aromatic nitrogens is 2. The first-order chi connectivity index (χ1) is 13.3. The molecule has 0 unspecified atom stereocenters. The normalized spacial score (nSPS) is 23.7. The van der Waals surface area contributed by atoms with Gasteiger partial charge in [-0.25, -0.2) is 14.8 Å². The van der Waals surface area contributed by atoms with Crippen LogP contribution in [0.15, 0.2) is 36.5 Å². The number of aryl methyl sites for hydroxylation is 1.